The first kappa shape index (κ1) is 14.2. The number of amides is 1. The van der Waals surface area contributed by atoms with E-state index >= 15 is 0 Å². The number of carbonyl (C=O) groups is 1. The van der Waals surface area contributed by atoms with Crippen molar-refractivity contribution in [3.05, 3.63) is 71.0 Å². The maximum absolute atomic E-state index is 12.9. The molecule has 2 aromatic carbocycles. The topological polar surface area (TPSA) is 55.1 Å². The van der Waals surface area contributed by atoms with Gasteiger partial charge in [0.05, 0.1) is 0 Å². The van der Waals surface area contributed by atoms with Gasteiger partial charge in [0.1, 0.15) is 5.82 Å². The Morgan fingerprint density at radius 3 is 2.60 bits per heavy atom. The van der Waals surface area contributed by atoms with Gasteiger partial charge in [0.15, 0.2) is 0 Å². The van der Waals surface area contributed by atoms with E-state index < -0.39 is 5.91 Å². The lowest BCUT2D eigenvalue weighted by molar-refractivity contribution is 0.1000. The monoisotopic (exact) mass is 272 g/mol. The van der Waals surface area contributed by atoms with E-state index in [1.807, 2.05) is 13.0 Å². The Bertz CT molecular complexity index is 596. The maximum Gasteiger partial charge on any atom is 0.248 e. The Balaban J connectivity index is 1.99. The molecule has 1 atom stereocenters. The van der Waals surface area contributed by atoms with E-state index in [0.29, 0.717) is 12.1 Å². The third kappa shape index (κ3) is 3.65. The minimum absolute atomic E-state index is 0.0906. The number of hydrogen-bond acceptors (Lipinski definition) is 2. The van der Waals surface area contributed by atoms with Crippen molar-refractivity contribution in [2.24, 2.45) is 5.73 Å². The van der Waals surface area contributed by atoms with E-state index in [0.717, 1.165) is 11.1 Å². The molecular weight excluding hydrogens is 255 g/mol. The van der Waals surface area contributed by atoms with E-state index in [4.69, 9.17) is 5.73 Å². The summed E-state index contributed by atoms with van der Waals surface area (Å²) in [4.78, 5) is 11.1. The lowest BCUT2D eigenvalue weighted by Gasteiger charge is -2.14. The Morgan fingerprint density at radius 2 is 1.95 bits per heavy atom. The van der Waals surface area contributed by atoms with Crippen molar-refractivity contribution in [1.82, 2.24) is 5.32 Å². The standard InChI is InChI=1S/C16H17FN2O/c1-11(13-5-7-15(17)8-6-13)19-10-12-3-2-4-14(9-12)16(18)20/h2-9,11,19H,10H2,1H3,(H2,18,20)/t11-/m1/s1. The Morgan fingerprint density at radius 1 is 1.25 bits per heavy atom. The molecule has 0 saturated carbocycles. The molecule has 0 aliphatic rings. The molecule has 0 bridgehead atoms. The zero-order valence-corrected chi connectivity index (χ0v) is 11.3. The molecule has 1 amide bonds. The van der Waals surface area contributed by atoms with E-state index in [9.17, 15) is 9.18 Å². The first-order valence-electron chi connectivity index (χ1n) is 6.44. The second-order valence-corrected chi connectivity index (χ2v) is 4.72. The minimum Gasteiger partial charge on any atom is -0.366 e. The highest BCUT2D eigenvalue weighted by atomic mass is 19.1. The van der Waals surface area contributed by atoms with Gasteiger partial charge in [-0.2, -0.15) is 0 Å². The average Bonchev–Trinajstić information content (AvgIpc) is 2.46. The van der Waals surface area contributed by atoms with Crippen LogP contribution >= 0.6 is 0 Å². The van der Waals surface area contributed by atoms with Crippen molar-refractivity contribution in [3.63, 3.8) is 0 Å². The molecule has 0 radical (unpaired) electrons. The van der Waals surface area contributed by atoms with Gasteiger partial charge in [-0.05, 0) is 42.3 Å². The molecule has 0 fully saturated rings. The quantitative estimate of drug-likeness (QED) is 0.879. The van der Waals surface area contributed by atoms with Gasteiger partial charge >= 0.3 is 0 Å². The molecule has 2 rings (SSSR count). The fourth-order valence-corrected chi connectivity index (χ4v) is 1.97. The number of benzene rings is 2. The number of primary amides is 1. The van der Waals surface area contributed by atoms with E-state index in [1.54, 1.807) is 30.3 Å². The highest BCUT2D eigenvalue weighted by Crippen LogP contribution is 2.14. The molecule has 0 unspecified atom stereocenters. The van der Waals surface area contributed by atoms with Gasteiger partial charge in [0.25, 0.3) is 0 Å². The predicted octanol–water partition coefficient (Wildman–Crippen LogP) is 2.78. The third-order valence-electron chi connectivity index (χ3n) is 3.19. The lowest BCUT2D eigenvalue weighted by Crippen LogP contribution is -2.18. The Kier molecular flexibility index (Phi) is 4.48. The van der Waals surface area contributed by atoms with E-state index in [1.165, 1.54) is 12.1 Å². The zero-order valence-electron chi connectivity index (χ0n) is 11.3. The van der Waals surface area contributed by atoms with Crippen LogP contribution in [0.4, 0.5) is 4.39 Å². The van der Waals surface area contributed by atoms with Gasteiger partial charge in [-0.25, -0.2) is 4.39 Å². The first-order chi connectivity index (χ1) is 9.56. The Labute approximate surface area is 117 Å². The van der Waals surface area contributed by atoms with Crippen LogP contribution in [0.25, 0.3) is 0 Å². The first-order valence-corrected chi connectivity index (χ1v) is 6.44. The van der Waals surface area contributed by atoms with Gasteiger partial charge in [0, 0.05) is 18.2 Å². The Hall–Kier alpha value is -2.20. The number of nitrogens with one attached hydrogen (secondary N) is 1. The minimum atomic E-state index is -0.432. The summed E-state index contributed by atoms with van der Waals surface area (Å²) < 4.78 is 12.9. The number of halogens is 1. The van der Waals surface area contributed by atoms with Gasteiger partial charge < -0.3 is 11.1 Å². The molecule has 0 aliphatic heterocycles. The summed E-state index contributed by atoms with van der Waals surface area (Å²) in [5.74, 6) is -0.673. The number of hydrogen-bond donors (Lipinski definition) is 2. The molecule has 3 nitrogen and oxygen atoms in total. The van der Waals surface area contributed by atoms with Gasteiger partial charge in [-0.1, -0.05) is 24.3 Å². The molecule has 0 aromatic heterocycles. The van der Waals surface area contributed by atoms with Crippen LogP contribution in [0.2, 0.25) is 0 Å². The summed E-state index contributed by atoms with van der Waals surface area (Å²) in [5.41, 5.74) is 7.74. The van der Waals surface area contributed by atoms with Crippen molar-refractivity contribution >= 4 is 5.91 Å². The second kappa shape index (κ2) is 6.30. The molecule has 0 saturated heterocycles. The van der Waals surface area contributed by atoms with Crippen molar-refractivity contribution in [2.45, 2.75) is 19.5 Å². The lowest BCUT2D eigenvalue weighted by atomic mass is 10.1. The predicted molar refractivity (Wildman–Crippen MR) is 76.6 cm³/mol. The highest BCUT2D eigenvalue weighted by molar-refractivity contribution is 5.92. The van der Waals surface area contributed by atoms with Crippen molar-refractivity contribution in [2.75, 3.05) is 0 Å². The highest BCUT2D eigenvalue weighted by Gasteiger charge is 2.06. The second-order valence-electron chi connectivity index (χ2n) is 4.72. The number of rotatable bonds is 5. The van der Waals surface area contributed by atoms with Crippen LogP contribution in [0.3, 0.4) is 0 Å². The van der Waals surface area contributed by atoms with Crippen molar-refractivity contribution < 1.29 is 9.18 Å². The van der Waals surface area contributed by atoms with Crippen LogP contribution in [-0.2, 0) is 6.54 Å². The van der Waals surface area contributed by atoms with Crippen LogP contribution in [0.1, 0.15) is 34.5 Å². The number of carbonyl (C=O) groups excluding carboxylic acids is 1. The van der Waals surface area contributed by atoms with Crippen LogP contribution in [0, 0.1) is 5.82 Å². The number of nitrogens with two attached hydrogens (primary N) is 1. The summed E-state index contributed by atoms with van der Waals surface area (Å²) in [7, 11) is 0. The molecule has 0 heterocycles. The summed E-state index contributed by atoms with van der Waals surface area (Å²) in [5, 5.41) is 3.33. The fourth-order valence-electron chi connectivity index (χ4n) is 1.97. The summed E-state index contributed by atoms with van der Waals surface area (Å²) in [6.45, 7) is 2.62. The van der Waals surface area contributed by atoms with Crippen LogP contribution in [0.15, 0.2) is 48.5 Å². The molecule has 20 heavy (non-hydrogen) atoms. The van der Waals surface area contributed by atoms with Gasteiger partial charge in [-0.3, -0.25) is 4.79 Å². The van der Waals surface area contributed by atoms with E-state index in [-0.39, 0.29) is 11.9 Å². The van der Waals surface area contributed by atoms with Gasteiger partial charge in [-0.15, -0.1) is 0 Å². The van der Waals surface area contributed by atoms with Crippen LogP contribution in [-0.4, -0.2) is 5.91 Å². The smallest absolute Gasteiger partial charge is 0.248 e. The summed E-state index contributed by atoms with van der Waals surface area (Å²) in [6.07, 6.45) is 0. The van der Waals surface area contributed by atoms with Crippen LogP contribution in [0.5, 0.6) is 0 Å². The van der Waals surface area contributed by atoms with Gasteiger partial charge in [0.2, 0.25) is 5.91 Å². The molecule has 4 heteroatoms. The summed E-state index contributed by atoms with van der Waals surface area (Å²) in [6, 6.07) is 13.7. The van der Waals surface area contributed by atoms with E-state index in [2.05, 4.69) is 5.32 Å². The van der Waals surface area contributed by atoms with Crippen LogP contribution < -0.4 is 11.1 Å². The molecular formula is C16H17FN2O. The molecule has 3 N–H and O–H groups in total. The zero-order chi connectivity index (χ0) is 14.5. The third-order valence-corrected chi connectivity index (χ3v) is 3.19. The normalized spacial score (nSPS) is 12.1. The molecule has 0 spiro atoms. The largest absolute Gasteiger partial charge is 0.366 e. The molecule has 0 aliphatic carbocycles. The average molecular weight is 272 g/mol. The molecule has 2 aromatic rings. The maximum atomic E-state index is 12.9. The SMILES string of the molecule is C[C@@H](NCc1cccc(C(N)=O)c1)c1ccc(F)cc1. The van der Waals surface area contributed by atoms with Crippen molar-refractivity contribution in [3.8, 4) is 0 Å². The molecule has 104 valence electrons. The van der Waals surface area contributed by atoms with Crippen molar-refractivity contribution in [1.29, 1.82) is 0 Å². The summed E-state index contributed by atoms with van der Waals surface area (Å²) >= 11 is 0. The fraction of sp³-hybridized carbons (Fsp3) is 0.188.